The minimum atomic E-state index is 0.0234. The van der Waals surface area contributed by atoms with Crippen molar-refractivity contribution in [2.75, 3.05) is 0 Å². The Bertz CT molecular complexity index is 4150. The van der Waals surface area contributed by atoms with Crippen LogP contribution in [0.15, 0.2) is 229 Å². The van der Waals surface area contributed by atoms with E-state index in [1.165, 1.54) is 44.0 Å². The minimum absolute atomic E-state index is 0.0234. The lowest BCUT2D eigenvalue weighted by molar-refractivity contribution is 0.668. The van der Waals surface area contributed by atoms with Crippen LogP contribution in [0.3, 0.4) is 0 Å². The molecule has 1 unspecified atom stereocenters. The average Bonchev–Trinajstić information content (AvgIpc) is 3.90. The maximum atomic E-state index is 6.69. The van der Waals surface area contributed by atoms with E-state index in [1.807, 2.05) is 6.07 Å². The molecule has 0 fully saturated rings. The second-order valence-electron chi connectivity index (χ2n) is 18.2. The number of rotatable bonds is 6. The first-order chi connectivity index (χ1) is 34.2. The molecule has 1 aliphatic rings. The molecule has 1 atom stereocenters. The Hall–Kier alpha value is -8.93. The number of benzene rings is 10. The Morgan fingerprint density at radius 2 is 1.03 bits per heavy atom. The summed E-state index contributed by atoms with van der Waals surface area (Å²) in [5.41, 5.74) is 16.4. The Morgan fingerprint density at radius 3 is 1.88 bits per heavy atom. The molecule has 324 valence electrons. The third-order valence-electron chi connectivity index (χ3n) is 14.3. The summed E-state index contributed by atoms with van der Waals surface area (Å²) in [5.74, 6) is 1.84. The molecule has 1 aliphatic carbocycles. The van der Waals surface area contributed by atoms with Crippen LogP contribution in [0.5, 0.6) is 0 Å². The number of aryl methyl sites for hydroxylation is 1. The summed E-state index contributed by atoms with van der Waals surface area (Å²) in [5, 5.41) is 6.99. The first-order valence-electron chi connectivity index (χ1n) is 23.8. The highest BCUT2D eigenvalue weighted by atomic mass is 16.3. The standard InChI is InChI=1S/C64H42N4O/c1-3-16-40(17-4-1)41-20-15-21-45(35-41)62-65-63(46-31-33-59-55(37-46)51-26-11-13-28-58(51)68(59)47-22-5-2-6-23-47)67-64(66-62)57-39-61-56(52-27-12-14-29-60(52)69-61)38-54(57)50-32-30-44-34-42-18-7-8-19-43(42)36-53(44)49-25-10-9-24-48(49)50/h1-29,31,33-39,50H,30,32H2. The van der Waals surface area contributed by atoms with Crippen molar-refractivity contribution in [3.63, 3.8) is 0 Å². The predicted molar refractivity (Wildman–Crippen MR) is 283 cm³/mol. The Kier molecular flexibility index (Phi) is 9.02. The van der Waals surface area contributed by atoms with Crippen molar-refractivity contribution in [1.29, 1.82) is 0 Å². The molecule has 14 rings (SSSR count). The van der Waals surface area contributed by atoms with Gasteiger partial charge in [-0.3, -0.25) is 0 Å². The van der Waals surface area contributed by atoms with Crippen LogP contribution in [0, 0.1) is 0 Å². The van der Waals surface area contributed by atoms with E-state index in [4.69, 9.17) is 19.4 Å². The van der Waals surface area contributed by atoms with E-state index in [-0.39, 0.29) is 5.92 Å². The van der Waals surface area contributed by atoms with Crippen LogP contribution in [0.4, 0.5) is 0 Å². The summed E-state index contributed by atoms with van der Waals surface area (Å²) in [6, 6.07) is 80.3. The number of hydrogen-bond acceptors (Lipinski definition) is 4. The van der Waals surface area contributed by atoms with Crippen molar-refractivity contribution >= 4 is 54.5 Å². The fourth-order valence-corrected chi connectivity index (χ4v) is 11.0. The molecular formula is C64H42N4O. The van der Waals surface area contributed by atoms with Crippen molar-refractivity contribution in [1.82, 2.24) is 19.5 Å². The zero-order valence-corrected chi connectivity index (χ0v) is 37.6. The van der Waals surface area contributed by atoms with Crippen LogP contribution in [-0.4, -0.2) is 19.5 Å². The van der Waals surface area contributed by atoms with Crippen molar-refractivity contribution in [2.45, 2.75) is 18.8 Å². The first-order valence-corrected chi connectivity index (χ1v) is 23.8. The summed E-state index contributed by atoms with van der Waals surface area (Å²) in [6.07, 6.45) is 1.82. The number of furan rings is 1. The topological polar surface area (TPSA) is 56.7 Å². The van der Waals surface area contributed by atoms with Crippen LogP contribution in [0.25, 0.3) is 117 Å². The quantitative estimate of drug-likeness (QED) is 0.167. The third kappa shape index (κ3) is 6.57. The van der Waals surface area contributed by atoms with Gasteiger partial charge < -0.3 is 8.98 Å². The first kappa shape index (κ1) is 39.3. The van der Waals surface area contributed by atoms with Gasteiger partial charge in [0, 0.05) is 49.8 Å². The third-order valence-corrected chi connectivity index (χ3v) is 14.3. The summed E-state index contributed by atoms with van der Waals surface area (Å²) in [4.78, 5) is 16.4. The zero-order chi connectivity index (χ0) is 45.4. The van der Waals surface area contributed by atoms with E-state index in [0.29, 0.717) is 17.5 Å². The van der Waals surface area contributed by atoms with Crippen molar-refractivity contribution in [2.24, 2.45) is 0 Å². The van der Waals surface area contributed by atoms with Crippen molar-refractivity contribution in [3.8, 4) is 62.1 Å². The number of nitrogens with zero attached hydrogens (tertiary/aromatic N) is 4. The highest BCUT2D eigenvalue weighted by molar-refractivity contribution is 6.10. The summed E-state index contributed by atoms with van der Waals surface area (Å²) >= 11 is 0. The van der Waals surface area contributed by atoms with E-state index >= 15 is 0 Å². The van der Waals surface area contributed by atoms with E-state index in [2.05, 4.69) is 223 Å². The summed E-state index contributed by atoms with van der Waals surface area (Å²) in [6.45, 7) is 0. The summed E-state index contributed by atoms with van der Waals surface area (Å²) < 4.78 is 9.04. The van der Waals surface area contributed by atoms with Crippen LogP contribution in [-0.2, 0) is 6.42 Å². The summed E-state index contributed by atoms with van der Waals surface area (Å²) in [7, 11) is 0. The molecule has 13 aromatic rings. The number of para-hydroxylation sites is 3. The highest BCUT2D eigenvalue weighted by Gasteiger charge is 2.29. The van der Waals surface area contributed by atoms with E-state index in [0.717, 1.165) is 84.7 Å². The molecule has 3 heterocycles. The Morgan fingerprint density at radius 1 is 0.377 bits per heavy atom. The molecule has 0 bridgehead atoms. The van der Waals surface area contributed by atoms with Gasteiger partial charge in [-0.05, 0) is 129 Å². The maximum absolute atomic E-state index is 6.69. The minimum Gasteiger partial charge on any atom is -0.456 e. The Labute approximate surface area is 398 Å². The molecular weight excluding hydrogens is 841 g/mol. The molecule has 0 saturated carbocycles. The molecule has 10 aromatic carbocycles. The van der Waals surface area contributed by atoms with Gasteiger partial charge in [0.15, 0.2) is 17.5 Å². The van der Waals surface area contributed by atoms with Gasteiger partial charge in [-0.15, -0.1) is 0 Å². The van der Waals surface area contributed by atoms with Gasteiger partial charge in [0.2, 0.25) is 0 Å². The predicted octanol–water partition coefficient (Wildman–Crippen LogP) is 16.4. The van der Waals surface area contributed by atoms with Gasteiger partial charge in [0.25, 0.3) is 0 Å². The maximum Gasteiger partial charge on any atom is 0.164 e. The second kappa shape index (κ2) is 15.9. The molecule has 5 heteroatoms. The second-order valence-corrected chi connectivity index (χ2v) is 18.2. The monoisotopic (exact) mass is 882 g/mol. The lowest BCUT2D eigenvalue weighted by atomic mass is 9.82. The van der Waals surface area contributed by atoms with Gasteiger partial charge in [-0.1, -0.05) is 158 Å². The lowest BCUT2D eigenvalue weighted by Gasteiger charge is -2.22. The Balaban J connectivity index is 1.02. The van der Waals surface area contributed by atoms with Crippen molar-refractivity contribution in [3.05, 3.63) is 241 Å². The molecule has 5 nitrogen and oxygen atoms in total. The van der Waals surface area contributed by atoms with Crippen LogP contribution in [0.2, 0.25) is 0 Å². The van der Waals surface area contributed by atoms with Crippen LogP contribution < -0.4 is 0 Å². The zero-order valence-electron chi connectivity index (χ0n) is 37.6. The van der Waals surface area contributed by atoms with E-state index in [1.54, 1.807) is 0 Å². The SMILES string of the molecule is c1ccc(-c2cccc(-c3nc(-c4ccc5c(c4)c4ccccc4n5-c4ccccc4)nc(-c4cc5oc6ccccc6c5cc4C4CCc5cc6ccccc6cc5-c5ccccc54)n3)c2)cc1. The van der Waals surface area contributed by atoms with E-state index in [9.17, 15) is 0 Å². The van der Waals surface area contributed by atoms with Gasteiger partial charge >= 0.3 is 0 Å². The number of aromatic nitrogens is 4. The molecule has 69 heavy (non-hydrogen) atoms. The van der Waals surface area contributed by atoms with Crippen molar-refractivity contribution < 1.29 is 4.42 Å². The molecule has 0 N–H and O–H groups in total. The largest absolute Gasteiger partial charge is 0.456 e. The van der Waals surface area contributed by atoms with Gasteiger partial charge in [-0.25, -0.2) is 15.0 Å². The molecule has 0 amide bonds. The van der Waals surface area contributed by atoms with Crippen LogP contribution in [0.1, 0.15) is 29.0 Å². The normalized spacial score (nSPS) is 13.5. The molecule has 0 radical (unpaired) electrons. The molecule has 3 aromatic heterocycles. The van der Waals surface area contributed by atoms with Gasteiger partial charge in [-0.2, -0.15) is 0 Å². The smallest absolute Gasteiger partial charge is 0.164 e. The molecule has 0 saturated heterocycles. The fraction of sp³-hybridized carbons (Fsp3) is 0.0469. The lowest BCUT2D eigenvalue weighted by Crippen LogP contribution is -2.07. The average molecular weight is 883 g/mol. The molecule has 0 aliphatic heterocycles. The fourth-order valence-electron chi connectivity index (χ4n) is 11.0. The van der Waals surface area contributed by atoms with Crippen LogP contribution >= 0.6 is 0 Å². The van der Waals surface area contributed by atoms with Gasteiger partial charge in [0.05, 0.1) is 11.0 Å². The molecule has 0 spiro atoms. The van der Waals surface area contributed by atoms with Gasteiger partial charge in [0.1, 0.15) is 11.2 Å². The highest BCUT2D eigenvalue weighted by Crippen LogP contribution is 2.47. The number of fused-ring (bicyclic) bond motifs is 10. The van der Waals surface area contributed by atoms with E-state index < -0.39 is 0 Å². The number of hydrogen-bond donors (Lipinski definition) is 0.